The molecule has 0 spiro atoms. The molecule has 0 aliphatic rings. The van der Waals surface area contributed by atoms with E-state index in [2.05, 4.69) is 15.9 Å². The maximum Gasteiger partial charge on any atom is 0.336 e. The molecule has 0 heterocycles. The molecule has 1 rings (SSSR count). The van der Waals surface area contributed by atoms with Gasteiger partial charge in [-0.05, 0) is 34.1 Å². The second-order valence-corrected chi connectivity index (χ2v) is 4.35. The highest BCUT2D eigenvalue weighted by molar-refractivity contribution is 9.10. The van der Waals surface area contributed by atoms with Crippen molar-refractivity contribution in [1.82, 2.24) is 0 Å². The number of ether oxygens (including phenoxy) is 1. The molecule has 5 heteroatoms. The smallest absolute Gasteiger partial charge is 0.336 e. The lowest BCUT2D eigenvalue weighted by Gasteiger charge is -2.03. The monoisotopic (exact) mass is 276 g/mol. The zero-order valence-corrected chi connectivity index (χ0v) is 9.89. The van der Waals surface area contributed by atoms with Crippen molar-refractivity contribution in [3.05, 3.63) is 28.2 Å². The first-order chi connectivity index (χ1) is 6.65. The molecule has 0 radical (unpaired) electrons. The van der Waals surface area contributed by atoms with Crippen molar-refractivity contribution in [1.29, 1.82) is 0 Å². The van der Waals surface area contributed by atoms with Crippen LogP contribution in [-0.4, -0.2) is 24.1 Å². The Morgan fingerprint density at radius 2 is 2.36 bits per heavy atom. The predicted octanol–water partition coefficient (Wildman–Crippen LogP) is 2.84. The lowest BCUT2D eigenvalue weighted by Crippen LogP contribution is -1.97. The van der Waals surface area contributed by atoms with Crippen LogP contribution in [0.25, 0.3) is 0 Å². The average Bonchev–Trinajstić information content (AvgIpc) is 2.16. The summed E-state index contributed by atoms with van der Waals surface area (Å²) in [6.07, 6.45) is 0. The summed E-state index contributed by atoms with van der Waals surface area (Å²) in [6.45, 7) is 0. The Labute approximate surface area is 94.6 Å². The quantitative estimate of drug-likeness (QED) is 0.679. The van der Waals surface area contributed by atoms with Gasteiger partial charge >= 0.3 is 5.97 Å². The number of carboxylic acids is 1. The molecule has 0 aliphatic carbocycles. The third-order valence-electron chi connectivity index (χ3n) is 1.51. The number of halogens is 1. The SMILES string of the molecule is COCSc1ccc(Br)c(C(=O)O)c1. The summed E-state index contributed by atoms with van der Waals surface area (Å²) >= 11 is 4.63. The van der Waals surface area contributed by atoms with Gasteiger partial charge in [-0.3, -0.25) is 0 Å². The second-order valence-electron chi connectivity index (χ2n) is 2.50. The lowest BCUT2D eigenvalue weighted by atomic mass is 10.2. The summed E-state index contributed by atoms with van der Waals surface area (Å²) in [5.41, 5.74) is 0.270. The molecule has 0 fully saturated rings. The van der Waals surface area contributed by atoms with Crippen LogP contribution in [0.2, 0.25) is 0 Å². The van der Waals surface area contributed by atoms with E-state index >= 15 is 0 Å². The van der Waals surface area contributed by atoms with Crippen molar-refractivity contribution < 1.29 is 14.6 Å². The van der Waals surface area contributed by atoms with Gasteiger partial charge in [0, 0.05) is 16.5 Å². The number of carboxylic acid groups (broad SMARTS) is 1. The minimum absolute atomic E-state index is 0.270. The number of methoxy groups -OCH3 is 1. The molecule has 1 aromatic rings. The molecule has 0 aromatic heterocycles. The fourth-order valence-electron chi connectivity index (χ4n) is 0.885. The van der Waals surface area contributed by atoms with E-state index in [1.165, 1.54) is 11.8 Å². The van der Waals surface area contributed by atoms with Crippen molar-refractivity contribution >= 4 is 33.7 Å². The predicted molar refractivity (Wildman–Crippen MR) is 58.8 cm³/mol. The third-order valence-corrected chi connectivity index (χ3v) is 3.14. The van der Waals surface area contributed by atoms with Gasteiger partial charge in [0.1, 0.15) is 0 Å². The molecule has 0 bridgehead atoms. The summed E-state index contributed by atoms with van der Waals surface area (Å²) in [6, 6.07) is 5.19. The minimum Gasteiger partial charge on any atom is -0.478 e. The molecule has 14 heavy (non-hydrogen) atoms. The number of hydrogen-bond donors (Lipinski definition) is 1. The van der Waals surface area contributed by atoms with Crippen molar-refractivity contribution in [2.75, 3.05) is 13.0 Å². The summed E-state index contributed by atoms with van der Waals surface area (Å²) in [7, 11) is 1.60. The summed E-state index contributed by atoms with van der Waals surface area (Å²) < 4.78 is 5.47. The van der Waals surface area contributed by atoms with Crippen LogP contribution in [0, 0.1) is 0 Å². The van der Waals surface area contributed by atoms with Crippen molar-refractivity contribution in [2.45, 2.75) is 4.90 Å². The van der Waals surface area contributed by atoms with Crippen molar-refractivity contribution in [2.24, 2.45) is 0 Å². The van der Waals surface area contributed by atoms with Crippen molar-refractivity contribution in [3.8, 4) is 0 Å². The van der Waals surface area contributed by atoms with E-state index < -0.39 is 5.97 Å². The zero-order chi connectivity index (χ0) is 10.6. The molecule has 0 atom stereocenters. The third kappa shape index (κ3) is 3.01. The molecular formula is C9H9BrO3S. The topological polar surface area (TPSA) is 46.5 Å². The molecule has 0 unspecified atom stereocenters. The van der Waals surface area contributed by atoms with Crippen LogP contribution in [-0.2, 0) is 4.74 Å². The van der Waals surface area contributed by atoms with E-state index in [1.807, 2.05) is 6.07 Å². The Balaban J connectivity index is 2.89. The molecule has 1 N–H and O–H groups in total. The first kappa shape index (κ1) is 11.6. The maximum absolute atomic E-state index is 10.8. The molecule has 0 saturated carbocycles. The Bertz CT molecular complexity index is 341. The summed E-state index contributed by atoms with van der Waals surface area (Å²) in [5.74, 6) is -0.419. The number of thioether (sulfide) groups is 1. The molecular weight excluding hydrogens is 268 g/mol. The van der Waals surface area contributed by atoms with E-state index in [1.54, 1.807) is 19.2 Å². The van der Waals surface area contributed by atoms with E-state index in [0.717, 1.165) is 4.90 Å². The number of rotatable bonds is 4. The van der Waals surface area contributed by atoms with Crippen LogP contribution in [0.5, 0.6) is 0 Å². The number of carbonyl (C=O) groups is 1. The molecule has 0 aliphatic heterocycles. The molecule has 0 saturated heterocycles. The van der Waals surface area contributed by atoms with E-state index in [9.17, 15) is 4.79 Å². The largest absolute Gasteiger partial charge is 0.478 e. The Morgan fingerprint density at radius 3 is 2.93 bits per heavy atom. The van der Waals surface area contributed by atoms with Gasteiger partial charge in [0.15, 0.2) is 0 Å². The Hall–Kier alpha value is -0.520. The maximum atomic E-state index is 10.8. The van der Waals surface area contributed by atoms with Gasteiger partial charge in [-0.25, -0.2) is 4.79 Å². The van der Waals surface area contributed by atoms with Gasteiger partial charge in [-0.15, -0.1) is 0 Å². The molecule has 76 valence electrons. The number of hydrogen-bond acceptors (Lipinski definition) is 3. The molecule has 1 aromatic carbocycles. The Kier molecular flexibility index (Phi) is 4.44. The van der Waals surface area contributed by atoms with E-state index in [4.69, 9.17) is 9.84 Å². The molecule has 0 amide bonds. The van der Waals surface area contributed by atoms with Gasteiger partial charge in [0.2, 0.25) is 0 Å². The van der Waals surface area contributed by atoms with Gasteiger partial charge in [-0.2, -0.15) is 0 Å². The zero-order valence-electron chi connectivity index (χ0n) is 7.49. The average molecular weight is 277 g/mol. The van der Waals surface area contributed by atoms with Gasteiger partial charge in [0.05, 0.1) is 11.5 Å². The first-order valence-corrected chi connectivity index (χ1v) is 5.57. The first-order valence-electron chi connectivity index (χ1n) is 3.79. The summed E-state index contributed by atoms with van der Waals surface area (Å²) in [4.78, 5) is 11.7. The highest BCUT2D eigenvalue weighted by atomic mass is 79.9. The number of aromatic carboxylic acids is 1. The fourth-order valence-corrected chi connectivity index (χ4v) is 1.92. The van der Waals surface area contributed by atoms with Gasteiger partial charge < -0.3 is 9.84 Å². The second kappa shape index (κ2) is 5.38. The normalized spacial score (nSPS) is 10.1. The standard InChI is InChI=1S/C9H9BrO3S/c1-13-5-14-6-2-3-8(10)7(4-6)9(11)12/h2-4H,5H2,1H3,(H,11,12). The van der Waals surface area contributed by atoms with Crippen LogP contribution in [0.4, 0.5) is 0 Å². The summed E-state index contributed by atoms with van der Waals surface area (Å²) in [5, 5.41) is 8.85. The highest BCUT2D eigenvalue weighted by Gasteiger charge is 2.08. The van der Waals surface area contributed by atoms with Crippen molar-refractivity contribution in [3.63, 3.8) is 0 Å². The van der Waals surface area contributed by atoms with Crippen LogP contribution in [0.3, 0.4) is 0 Å². The minimum atomic E-state index is -0.934. The van der Waals surface area contributed by atoms with Crippen LogP contribution >= 0.6 is 27.7 Å². The molecule has 3 nitrogen and oxygen atoms in total. The van der Waals surface area contributed by atoms with Crippen LogP contribution in [0.15, 0.2) is 27.6 Å². The van der Waals surface area contributed by atoms with E-state index in [0.29, 0.717) is 10.4 Å². The van der Waals surface area contributed by atoms with E-state index in [-0.39, 0.29) is 5.56 Å². The fraction of sp³-hybridized carbons (Fsp3) is 0.222. The lowest BCUT2D eigenvalue weighted by molar-refractivity contribution is 0.0695. The number of benzene rings is 1. The highest BCUT2D eigenvalue weighted by Crippen LogP contribution is 2.24. The van der Waals surface area contributed by atoms with Gasteiger partial charge in [0.25, 0.3) is 0 Å². The van der Waals surface area contributed by atoms with Crippen LogP contribution in [0.1, 0.15) is 10.4 Å². The van der Waals surface area contributed by atoms with Gasteiger partial charge in [-0.1, -0.05) is 11.8 Å². The van der Waals surface area contributed by atoms with Crippen LogP contribution < -0.4 is 0 Å². The Morgan fingerprint density at radius 1 is 1.64 bits per heavy atom.